The first-order chi connectivity index (χ1) is 16.0. The van der Waals surface area contributed by atoms with E-state index in [1.54, 1.807) is 0 Å². The predicted molar refractivity (Wildman–Crippen MR) is 126 cm³/mol. The van der Waals surface area contributed by atoms with Crippen molar-refractivity contribution < 1.29 is 39.5 Å². The zero-order chi connectivity index (χ0) is 24.9. The molecule has 8 nitrogen and oxygen atoms in total. The SMILES string of the molecule is C=O.CCCCCCCC/C=C\CCCCCCCC(=O)OC1O[C@H](CO)[C@@H](O)[C@H](O)[C@H]1O. The van der Waals surface area contributed by atoms with Gasteiger partial charge in [0.25, 0.3) is 0 Å². The third kappa shape index (κ3) is 14.5. The van der Waals surface area contributed by atoms with E-state index in [1.165, 1.54) is 44.9 Å². The number of aliphatic hydroxyl groups excluding tert-OH is 4. The first-order valence-corrected chi connectivity index (χ1v) is 12.4. The molecule has 1 heterocycles. The fourth-order valence-corrected chi connectivity index (χ4v) is 3.69. The van der Waals surface area contributed by atoms with Gasteiger partial charge in [-0.05, 0) is 32.1 Å². The standard InChI is InChI=1S/C24H44O7.CH2O/c1-2-3-4-5-6-7-8-9-10-11-12-13-14-15-16-17-20(26)31-24-23(29)22(28)21(27)19(18-25)30-24;1-2/h9-10,19,21-25,27-29H,2-8,11-18H2,1H3;1H2/b10-9-;/t19-,21-,22+,23-,24?;/m1./s1. The number of carbonyl (C=O) groups excluding carboxylic acids is 2. The Morgan fingerprint density at radius 3 is 1.88 bits per heavy atom. The van der Waals surface area contributed by atoms with Gasteiger partial charge in [0.15, 0.2) is 0 Å². The molecule has 0 aromatic carbocycles. The van der Waals surface area contributed by atoms with E-state index >= 15 is 0 Å². The van der Waals surface area contributed by atoms with Crippen molar-refractivity contribution in [2.45, 2.75) is 128 Å². The van der Waals surface area contributed by atoms with Crippen molar-refractivity contribution in [3.63, 3.8) is 0 Å². The lowest BCUT2D eigenvalue weighted by atomic mass is 9.99. The molecule has 0 radical (unpaired) electrons. The summed E-state index contributed by atoms with van der Waals surface area (Å²) < 4.78 is 10.2. The number of ether oxygens (including phenoxy) is 2. The minimum Gasteiger partial charge on any atom is -0.433 e. The molecule has 0 aromatic rings. The number of rotatable bonds is 17. The van der Waals surface area contributed by atoms with E-state index in [4.69, 9.17) is 19.4 Å². The molecule has 8 heteroatoms. The first kappa shape index (κ1) is 31.7. The van der Waals surface area contributed by atoms with E-state index in [9.17, 15) is 20.1 Å². The van der Waals surface area contributed by atoms with Crippen molar-refractivity contribution in [1.82, 2.24) is 0 Å². The molecule has 194 valence electrons. The number of carbonyl (C=O) groups is 2. The lowest BCUT2D eigenvalue weighted by molar-refractivity contribution is -0.292. The zero-order valence-corrected chi connectivity index (χ0v) is 20.3. The first-order valence-electron chi connectivity index (χ1n) is 12.4. The Morgan fingerprint density at radius 1 is 0.818 bits per heavy atom. The van der Waals surface area contributed by atoms with Gasteiger partial charge in [-0.1, -0.05) is 70.4 Å². The smallest absolute Gasteiger partial charge is 0.308 e. The van der Waals surface area contributed by atoms with E-state index in [0.29, 0.717) is 6.42 Å². The zero-order valence-electron chi connectivity index (χ0n) is 20.3. The van der Waals surface area contributed by atoms with Crippen molar-refractivity contribution >= 4 is 12.8 Å². The van der Waals surface area contributed by atoms with Gasteiger partial charge in [-0.15, -0.1) is 0 Å². The van der Waals surface area contributed by atoms with E-state index in [1.807, 2.05) is 6.79 Å². The highest BCUT2D eigenvalue weighted by Crippen LogP contribution is 2.22. The molecule has 0 bridgehead atoms. The number of esters is 1. The van der Waals surface area contributed by atoms with Crippen LogP contribution in [0.15, 0.2) is 12.2 Å². The van der Waals surface area contributed by atoms with Crippen molar-refractivity contribution in [2.75, 3.05) is 6.61 Å². The Balaban J connectivity index is 0.00000497. The molecular formula is C25H46O8. The molecule has 0 aliphatic carbocycles. The fraction of sp³-hybridized carbons (Fsp3) is 0.840. The number of hydrogen-bond acceptors (Lipinski definition) is 8. The summed E-state index contributed by atoms with van der Waals surface area (Å²) in [7, 11) is 0. The quantitative estimate of drug-likeness (QED) is 0.143. The second-order valence-corrected chi connectivity index (χ2v) is 8.52. The van der Waals surface area contributed by atoms with Crippen LogP contribution in [0.1, 0.15) is 96.8 Å². The van der Waals surface area contributed by atoms with Crippen LogP contribution in [-0.2, 0) is 19.1 Å². The molecule has 1 aliphatic heterocycles. The Morgan fingerprint density at radius 2 is 1.33 bits per heavy atom. The van der Waals surface area contributed by atoms with Gasteiger partial charge in [0.05, 0.1) is 6.61 Å². The van der Waals surface area contributed by atoms with Crippen molar-refractivity contribution in [2.24, 2.45) is 0 Å². The van der Waals surface area contributed by atoms with E-state index in [0.717, 1.165) is 32.1 Å². The van der Waals surface area contributed by atoms with Crippen LogP contribution < -0.4 is 0 Å². The lowest BCUT2D eigenvalue weighted by Gasteiger charge is -2.39. The maximum atomic E-state index is 11.9. The van der Waals surface area contributed by atoms with Crippen LogP contribution in [0.3, 0.4) is 0 Å². The van der Waals surface area contributed by atoms with Crippen molar-refractivity contribution in [3.05, 3.63) is 12.2 Å². The molecular weight excluding hydrogens is 428 g/mol. The van der Waals surface area contributed by atoms with Gasteiger partial charge in [-0.2, -0.15) is 0 Å². The summed E-state index contributed by atoms with van der Waals surface area (Å²) in [6.07, 6.45) is 13.0. The number of unbranched alkanes of at least 4 members (excludes halogenated alkanes) is 11. The lowest BCUT2D eigenvalue weighted by Crippen LogP contribution is -2.59. The third-order valence-corrected chi connectivity index (χ3v) is 5.74. The summed E-state index contributed by atoms with van der Waals surface area (Å²) in [4.78, 5) is 19.9. The number of aliphatic hydroxyl groups is 4. The van der Waals surface area contributed by atoms with Gasteiger partial charge in [0, 0.05) is 6.42 Å². The fourth-order valence-electron chi connectivity index (χ4n) is 3.69. The van der Waals surface area contributed by atoms with Crippen molar-refractivity contribution in [3.8, 4) is 0 Å². The van der Waals surface area contributed by atoms with Crippen LogP contribution in [0.5, 0.6) is 0 Å². The van der Waals surface area contributed by atoms with E-state index < -0.39 is 43.3 Å². The van der Waals surface area contributed by atoms with Crippen LogP contribution in [-0.4, -0.2) is 70.5 Å². The summed E-state index contributed by atoms with van der Waals surface area (Å²) in [5, 5.41) is 38.5. The predicted octanol–water partition coefficient (Wildman–Crippen LogP) is 3.18. The topological polar surface area (TPSA) is 134 Å². The summed E-state index contributed by atoms with van der Waals surface area (Å²) in [5.74, 6) is -0.526. The summed E-state index contributed by atoms with van der Waals surface area (Å²) >= 11 is 0. The molecule has 0 saturated carbocycles. The van der Waals surface area contributed by atoms with Gasteiger partial charge >= 0.3 is 5.97 Å². The molecule has 1 saturated heterocycles. The molecule has 0 aromatic heterocycles. The molecule has 0 spiro atoms. The van der Waals surface area contributed by atoms with Crippen LogP contribution >= 0.6 is 0 Å². The molecule has 1 fully saturated rings. The number of hydrogen-bond donors (Lipinski definition) is 4. The summed E-state index contributed by atoms with van der Waals surface area (Å²) in [5.41, 5.74) is 0. The molecule has 0 amide bonds. The summed E-state index contributed by atoms with van der Waals surface area (Å²) in [6, 6.07) is 0. The van der Waals surface area contributed by atoms with E-state index in [2.05, 4.69) is 19.1 Å². The highest BCUT2D eigenvalue weighted by molar-refractivity contribution is 5.69. The molecule has 5 atom stereocenters. The summed E-state index contributed by atoms with van der Waals surface area (Å²) in [6.45, 7) is 3.69. The number of allylic oxidation sites excluding steroid dienone is 2. The van der Waals surface area contributed by atoms with Crippen LogP contribution in [0.4, 0.5) is 0 Å². The van der Waals surface area contributed by atoms with Gasteiger partial charge in [-0.3, -0.25) is 4.79 Å². The van der Waals surface area contributed by atoms with Crippen LogP contribution in [0.2, 0.25) is 0 Å². The Labute approximate surface area is 199 Å². The molecule has 1 unspecified atom stereocenters. The minimum absolute atomic E-state index is 0.202. The van der Waals surface area contributed by atoms with Gasteiger partial charge < -0.3 is 34.7 Å². The molecule has 33 heavy (non-hydrogen) atoms. The maximum absolute atomic E-state index is 11.9. The Kier molecular flexibility index (Phi) is 20.4. The van der Waals surface area contributed by atoms with Crippen LogP contribution in [0.25, 0.3) is 0 Å². The average Bonchev–Trinajstić information content (AvgIpc) is 2.83. The normalized spacial score (nSPS) is 24.9. The van der Waals surface area contributed by atoms with Gasteiger partial charge in [0.1, 0.15) is 31.2 Å². The Bertz CT molecular complexity index is 497. The Hall–Kier alpha value is -1.32. The largest absolute Gasteiger partial charge is 0.433 e. The van der Waals surface area contributed by atoms with Crippen molar-refractivity contribution in [1.29, 1.82) is 0 Å². The highest BCUT2D eigenvalue weighted by atomic mass is 16.7. The molecule has 4 N–H and O–H groups in total. The third-order valence-electron chi connectivity index (χ3n) is 5.74. The van der Waals surface area contributed by atoms with Crippen LogP contribution in [0, 0.1) is 0 Å². The highest BCUT2D eigenvalue weighted by Gasteiger charge is 2.45. The second kappa shape index (κ2) is 21.2. The average molecular weight is 475 g/mol. The minimum atomic E-state index is -1.55. The molecule has 1 rings (SSSR count). The van der Waals surface area contributed by atoms with Gasteiger partial charge in [-0.25, -0.2) is 0 Å². The second-order valence-electron chi connectivity index (χ2n) is 8.52. The van der Waals surface area contributed by atoms with E-state index in [-0.39, 0.29) is 6.42 Å². The molecule has 1 aliphatic rings. The monoisotopic (exact) mass is 474 g/mol. The van der Waals surface area contributed by atoms with Gasteiger partial charge in [0.2, 0.25) is 6.29 Å². The maximum Gasteiger partial charge on any atom is 0.308 e.